The van der Waals surface area contributed by atoms with Crippen LogP contribution in [0.2, 0.25) is 0 Å². The van der Waals surface area contributed by atoms with Gasteiger partial charge in [-0.25, -0.2) is 0 Å². The van der Waals surface area contributed by atoms with Gasteiger partial charge < -0.3 is 5.73 Å². The number of aromatic nitrogens is 3. The highest BCUT2D eigenvalue weighted by Gasteiger charge is 2.11. The number of hydrogen-bond acceptors (Lipinski definition) is 3. The summed E-state index contributed by atoms with van der Waals surface area (Å²) in [7, 11) is 0. The van der Waals surface area contributed by atoms with E-state index < -0.39 is 0 Å². The highest BCUT2D eigenvalue weighted by molar-refractivity contribution is 5.33. The standard InChI is InChI=1S/C14H20N4/c1-2-3-5-10-13-16-17-14(11-15)18(13)12-8-6-4-7-9-12/h4,6-9H,2-3,5,10-11,15H2,1H3. The number of hydrogen-bond donors (Lipinski definition) is 1. The largest absolute Gasteiger partial charge is 0.324 e. The van der Waals surface area contributed by atoms with Crippen molar-refractivity contribution in [3.63, 3.8) is 0 Å². The molecule has 1 aromatic carbocycles. The molecule has 96 valence electrons. The lowest BCUT2D eigenvalue weighted by Gasteiger charge is -2.09. The molecule has 2 N–H and O–H groups in total. The predicted octanol–water partition coefficient (Wildman–Crippen LogP) is 2.46. The van der Waals surface area contributed by atoms with Crippen LogP contribution in [0.25, 0.3) is 5.69 Å². The van der Waals surface area contributed by atoms with Crippen molar-refractivity contribution in [2.24, 2.45) is 5.73 Å². The van der Waals surface area contributed by atoms with Crippen LogP contribution in [-0.2, 0) is 13.0 Å². The Morgan fingerprint density at radius 1 is 1.06 bits per heavy atom. The molecule has 0 aliphatic heterocycles. The number of rotatable bonds is 6. The zero-order chi connectivity index (χ0) is 12.8. The maximum Gasteiger partial charge on any atom is 0.151 e. The third-order valence-electron chi connectivity index (χ3n) is 3.00. The second-order valence-electron chi connectivity index (χ2n) is 4.36. The Hall–Kier alpha value is -1.68. The van der Waals surface area contributed by atoms with E-state index in [0.29, 0.717) is 6.54 Å². The Labute approximate surface area is 108 Å². The highest BCUT2D eigenvalue weighted by Crippen LogP contribution is 2.14. The van der Waals surface area contributed by atoms with Gasteiger partial charge in [0.2, 0.25) is 0 Å². The van der Waals surface area contributed by atoms with E-state index in [0.717, 1.165) is 30.2 Å². The lowest BCUT2D eigenvalue weighted by atomic mass is 10.2. The number of unbranched alkanes of at least 4 members (excludes halogenated alkanes) is 2. The van der Waals surface area contributed by atoms with Gasteiger partial charge in [0.15, 0.2) is 5.82 Å². The van der Waals surface area contributed by atoms with Gasteiger partial charge in [0.25, 0.3) is 0 Å². The molecule has 0 radical (unpaired) electrons. The maximum absolute atomic E-state index is 5.73. The first kappa shape index (κ1) is 12.8. The van der Waals surface area contributed by atoms with Gasteiger partial charge in [-0.05, 0) is 18.6 Å². The molecule has 0 unspecified atom stereocenters. The van der Waals surface area contributed by atoms with Crippen molar-refractivity contribution in [1.82, 2.24) is 14.8 Å². The predicted molar refractivity (Wildman–Crippen MR) is 72.5 cm³/mol. The zero-order valence-electron chi connectivity index (χ0n) is 10.8. The van der Waals surface area contributed by atoms with Crippen molar-refractivity contribution in [2.75, 3.05) is 0 Å². The van der Waals surface area contributed by atoms with E-state index in [1.54, 1.807) is 0 Å². The van der Waals surface area contributed by atoms with Crippen molar-refractivity contribution < 1.29 is 0 Å². The van der Waals surface area contributed by atoms with Crippen molar-refractivity contribution >= 4 is 0 Å². The molecule has 4 heteroatoms. The monoisotopic (exact) mass is 244 g/mol. The molecule has 1 aromatic heterocycles. The third kappa shape index (κ3) is 2.76. The van der Waals surface area contributed by atoms with Gasteiger partial charge in [-0.2, -0.15) is 0 Å². The molecular formula is C14H20N4. The van der Waals surface area contributed by atoms with Crippen LogP contribution in [0, 0.1) is 0 Å². The van der Waals surface area contributed by atoms with E-state index in [1.165, 1.54) is 12.8 Å². The van der Waals surface area contributed by atoms with Crippen LogP contribution in [0.3, 0.4) is 0 Å². The highest BCUT2D eigenvalue weighted by atomic mass is 15.3. The second kappa shape index (κ2) is 6.31. The topological polar surface area (TPSA) is 56.7 Å². The molecule has 0 aliphatic carbocycles. The molecule has 18 heavy (non-hydrogen) atoms. The van der Waals surface area contributed by atoms with Crippen LogP contribution in [0.5, 0.6) is 0 Å². The fourth-order valence-corrected chi connectivity index (χ4v) is 2.06. The van der Waals surface area contributed by atoms with Crippen LogP contribution < -0.4 is 5.73 Å². The molecule has 0 saturated heterocycles. The molecule has 4 nitrogen and oxygen atoms in total. The van der Waals surface area contributed by atoms with E-state index in [4.69, 9.17) is 5.73 Å². The number of benzene rings is 1. The van der Waals surface area contributed by atoms with Crippen LogP contribution in [0.4, 0.5) is 0 Å². The quantitative estimate of drug-likeness (QED) is 0.794. The van der Waals surface area contributed by atoms with Crippen molar-refractivity contribution in [1.29, 1.82) is 0 Å². The number of para-hydroxylation sites is 1. The van der Waals surface area contributed by atoms with Crippen LogP contribution in [0.1, 0.15) is 37.8 Å². The summed E-state index contributed by atoms with van der Waals surface area (Å²) in [6, 6.07) is 10.2. The lowest BCUT2D eigenvalue weighted by Crippen LogP contribution is -2.09. The van der Waals surface area contributed by atoms with E-state index in [9.17, 15) is 0 Å². The summed E-state index contributed by atoms with van der Waals surface area (Å²) < 4.78 is 2.08. The molecule has 2 rings (SSSR count). The summed E-state index contributed by atoms with van der Waals surface area (Å²) in [5.74, 6) is 1.84. The minimum Gasteiger partial charge on any atom is -0.324 e. The minimum atomic E-state index is 0.412. The van der Waals surface area contributed by atoms with Crippen LogP contribution in [-0.4, -0.2) is 14.8 Å². The molecule has 0 aliphatic rings. The first-order chi connectivity index (χ1) is 8.86. The summed E-state index contributed by atoms with van der Waals surface area (Å²) in [6.45, 7) is 2.61. The molecule has 0 fully saturated rings. The molecular weight excluding hydrogens is 224 g/mol. The normalized spacial score (nSPS) is 10.8. The fraction of sp³-hybridized carbons (Fsp3) is 0.429. The van der Waals surface area contributed by atoms with Gasteiger partial charge in [0, 0.05) is 12.1 Å². The molecule has 0 amide bonds. The fourth-order valence-electron chi connectivity index (χ4n) is 2.06. The Morgan fingerprint density at radius 2 is 1.78 bits per heavy atom. The summed E-state index contributed by atoms with van der Waals surface area (Å²) in [5.41, 5.74) is 6.82. The van der Waals surface area contributed by atoms with Gasteiger partial charge in [-0.15, -0.1) is 10.2 Å². The van der Waals surface area contributed by atoms with E-state index in [2.05, 4.69) is 33.8 Å². The number of nitrogens with zero attached hydrogens (tertiary/aromatic N) is 3. The average Bonchev–Trinajstić information content (AvgIpc) is 2.83. The second-order valence-corrected chi connectivity index (χ2v) is 4.36. The first-order valence-electron chi connectivity index (χ1n) is 6.55. The summed E-state index contributed by atoms with van der Waals surface area (Å²) >= 11 is 0. The zero-order valence-corrected chi connectivity index (χ0v) is 10.8. The Balaban J connectivity index is 2.28. The van der Waals surface area contributed by atoms with Crippen molar-refractivity contribution in [3.8, 4) is 5.69 Å². The summed E-state index contributed by atoms with van der Waals surface area (Å²) in [4.78, 5) is 0. The van der Waals surface area contributed by atoms with Crippen LogP contribution in [0.15, 0.2) is 30.3 Å². The first-order valence-corrected chi connectivity index (χ1v) is 6.55. The van der Waals surface area contributed by atoms with Crippen molar-refractivity contribution in [3.05, 3.63) is 42.0 Å². The van der Waals surface area contributed by atoms with Gasteiger partial charge >= 0.3 is 0 Å². The molecule has 0 saturated carbocycles. The molecule has 0 spiro atoms. The van der Waals surface area contributed by atoms with Gasteiger partial charge in [0.1, 0.15) is 5.82 Å². The van der Waals surface area contributed by atoms with E-state index >= 15 is 0 Å². The van der Waals surface area contributed by atoms with Crippen LogP contribution >= 0.6 is 0 Å². The molecule has 0 bridgehead atoms. The van der Waals surface area contributed by atoms with Gasteiger partial charge in [-0.3, -0.25) is 4.57 Å². The molecule has 2 aromatic rings. The summed E-state index contributed by atoms with van der Waals surface area (Å²) in [6.07, 6.45) is 4.53. The van der Waals surface area contributed by atoms with E-state index in [1.807, 2.05) is 18.2 Å². The third-order valence-corrected chi connectivity index (χ3v) is 3.00. The Morgan fingerprint density at radius 3 is 2.44 bits per heavy atom. The Bertz CT molecular complexity index is 476. The SMILES string of the molecule is CCCCCc1nnc(CN)n1-c1ccccc1. The minimum absolute atomic E-state index is 0.412. The average molecular weight is 244 g/mol. The Kier molecular flexibility index (Phi) is 4.47. The van der Waals surface area contributed by atoms with Crippen molar-refractivity contribution in [2.45, 2.75) is 39.2 Å². The smallest absolute Gasteiger partial charge is 0.151 e. The lowest BCUT2D eigenvalue weighted by molar-refractivity contribution is 0.681. The van der Waals surface area contributed by atoms with E-state index in [-0.39, 0.29) is 0 Å². The maximum atomic E-state index is 5.73. The number of nitrogens with two attached hydrogens (primary N) is 1. The molecule has 0 atom stereocenters. The summed E-state index contributed by atoms with van der Waals surface area (Å²) in [5, 5.41) is 8.45. The van der Waals surface area contributed by atoms with Gasteiger partial charge in [0.05, 0.1) is 6.54 Å². The van der Waals surface area contributed by atoms with Gasteiger partial charge in [-0.1, -0.05) is 38.0 Å². The molecule has 1 heterocycles. The number of aryl methyl sites for hydroxylation is 1.